The highest BCUT2D eigenvalue weighted by atomic mass is 35.5. The summed E-state index contributed by atoms with van der Waals surface area (Å²) in [7, 11) is 1.60. The third-order valence-electron chi connectivity index (χ3n) is 4.78. The molecule has 0 heterocycles. The van der Waals surface area contributed by atoms with Crippen LogP contribution in [-0.4, -0.2) is 13.0 Å². The van der Waals surface area contributed by atoms with Crippen LogP contribution >= 0.6 is 11.6 Å². The van der Waals surface area contributed by atoms with Gasteiger partial charge in [-0.1, -0.05) is 54.1 Å². The van der Waals surface area contributed by atoms with E-state index in [1.807, 2.05) is 48.5 Å². The van der Waals surface area contributed by atoms with Gasteiger partial charge in [0, 0.05) is 11.1 Å². The molecular weight excluding hydrogens is 398 g/mol. The smallest absolute Gasteiger partial charge is 0.255 e. The highest BCUT2D eigenvalue weighted by molar-refractivity contribution is 6.33. The molecule has 0 fully saturated rings. The van der Waals surface area contributed by atoms with Crippen LogP contribution in [0, 0.1) is 0 Å². The van der Waals surface area contributed by atoms with Gasteiger partial charge < -0.3 is 14.8 Å². The summed E-state index contributed by atoms with van der Waals surface area (Å²) in [6.07, 6.45) is 0. The summed E-state index contributed by atoms with van der Waals surface area (Å²) in [4.78, 5) is 12.7. The molecule has 0 radical (unpaired) electrons. The van der Waals surface area contributed by atoms with E-state index in [1.165, 1.54) is 0 Å². The summed E-state index contributed by atoms with van der Waals surface area (Å²) in [6, 6.07) is 26.4. The maximum absolute atomic E-state index is 12.7. The Morgan fingerprint density at radius 1 is 0.900 bits per heavy atom. The lowest BCUT2D eigenvalue weighted by Crippen LogP contribution is -2.13. The zero-order valence-electron chi connectivity index (χ0n) is 16.4. The number of methoxy groups -OCH3 is 1. The van der Waals surface area contributed by atoms with Crippen molar-refractivity contribution in [3.05, 3.63) is 101 Å². The van der Waals surface area contributed by atoms with Crippen LogP contribution in [0.3, 0.4) is 0 Å². The lowest BCUT2D eigenvalue weighted by molar-refractivity contribution is 0.102. The molecule has 4 nitrogen and oxygen atoms in total. The lowest BCUT2D eigenvalue weighted by Gasteiger charge is -2.13. The molecule has 0 unspecified atom stereocenters. The van der Waals surface area contributed by atoms with Crippen LogP contribution < -0.4 is 14.8 Å². The molecule has 0 aliphatic rings. The molecule has 4 aromatic rings. The number of anilines is 1. The lowest BCUT2D eigenvalue weighted by atomic mass is 10.1. The number of fused-ring (bicyclic) bond motifs is 1. The van der Waals surface area contributed by atoms with Crippen LogP contribution in [0.15, 0.2) is 84.9 Å². The van der Waals surface area contributed by atoms with Crippen LogP contribution in [-0.2, 0) is 6.61 Å². The van der Waals surface area contributed by atoms with Crippen molar-refractivity contribution in [1.29, 1.82) is 0 Å². The maximum Gasteiger partial charge on any atom is 0.255 e. The van der Waals surface area contributed by atoms with Gasteiger partial charge in [-0.3, -0.25) is 4.79 Å². The number of carbonyl (C=O) groups excluding carboxylic acids is 1. The van der Waals surface area contributed by atoms with Crippen molar-refractivity contribution in [1.82, 2.24) is 0 Å². The molecule has 0 aliphatic heterocycles. The molecule has 0 atom stereocenters. The maximum atomic E-state index is 12.7. The van der Waals surface area contributed by atoms with E-state index in [1.54, 1.807) is 37.4 Å². The number of carbonyl (C=O) groups is 1. The number of ether oxygens (including phenoxy) is 2. The minimum Gasteiger partial charge on any atom is -0.496 e. The molecule has 1 N–H and O–H groups in total. The Morgan fingerprint density at radius 2 is 1.67 bits per heavy atom. The van der Waals surface area contributed by atoms with Crippen molar-refractivity contribution in [3.63, 3.8) is 0 Å². The van der Waals surface area contributed by atoms with Gasteiger partial charge in [0.2, 0.25) is 0 Å². The Hall–Kier alpha value is -3.50. The normalized spacial score (nSPS) is 10.6. The largest absolute Gasteiger partial charge is 0.496 e. The number of hydrogen-bond donors (Lipinski definition) is 1. The third-order valence-corrected chi connectivity index (χ3v) is 5.11. The predicted molar refractivity (Wildman–Crippen MR) is 121 cm³/mol. The predicted octanol–water partition coefficient (Wildman–Crippen LogP) is 6.33. The molecule has 30 heavy (non-hydrogen) atoms. The van der Waals surface area contributed by atoms with Crippen molar-refractivity contribution in [3.8, 4) is 11.5 Å². The Balaban J connectivity index is 1.53. The summed E-state index contributed by atoms with van der Waals surface area (Å²) in [5.41, 5.74) is 1.83. The van der Waals surface area contributed by atoms with Gasteiger partial charge in [-0.15, -0.1) is 0 Å². The van der Waals surface area contributed by atoms with E-state index in [4.69, 9.17) is 21.1 Å². The Morgan fingerprint density at radius 3 is 2.47 bits per heavy atom. The Labute approximate surface area is 180 Å². The Kier molecular flexibility index (Phi) is 5.87. The number of hydrogen-bond acceptors (Lipinski definition) is 3. The van der Waals surface area contributed by atoms with Gasteiger partial charge in [0.05, 0.1) is 17.8 Å². The van der Waals surface area contributed by atoms with E-state index >= 15 is 0 Å². The zero-order valence-corrected chi connectivity index (χ0v) is 17.1. The van der Waals surface area contributed by atoms with E-state index < -0.39 is 0 Å². The van der Waals surface area contributed by atoms with Crippen LogP contribution in [0.25, 0.3) is 10.8 Å². The number of nitrogens with one attached hydrogen (secondary N) is 1. The fourth-order valence-electron chi connectivity index (χ4n) is 3.21. The second kappa shape index (κ2) is 8.89. The van der Waals surface area contributed by atoms with Crippen LogP contribution in [0.1, 0.15) is 15.9 Å². The number of halogens is 1. The van der Waals surface area contributed by atoms with Crippen molar-refractivity contribution in [2.24, 2.45) is 0 Å². The average Bonchev–Trinajstić information content (AvgIpc) is 2.78. The second-order valence-corrected chi connectivity index (χ2v) is 7.17. The molecule has 4 rings (SSSR count). The highest BCUT2D eigenvalue weighted by Gasteiger charge is 2.12. The van der Waals surface area contributed by atoms with Crippen molar-refractivity contribution in [2.45, 2.75) is 6.61 Å². The molecule has 0 bridgehead atoms. The molecule has 0 saturated heterocycles. The van der Waals surface area contributed by atoms with Gasteiger partial charge in [0.1, 0.15) is 18.1 Å². The zero-order chi connectivity index (χ0) is 20.9. The SMILES string of the molecule is COc1ccc(C(=O)Nc2ccccc2Cl)cc1COc1ccc2ccccc2c1. The molecule has 1 amide bonds. The van der Waals surface area contributed by atoms with E-state index in [0.717, 1.165) is 22.1 Å². The van der Waals surface area contributed by atoms with Crippen molar-refractivity contribution in [2.75, 3.05) is 12.4 Å². The molecular formula is C25H20ClNO3. The number of benzene rings is 4. The molecule has 0 spiro atoms. The molecule has 0 aliphatic carbocycles. The van der Waals surface area contributed by atoms with Gasteiger partial charge in [0.25, 0.3) is 5.91 Å². The van der Waals surface area contributed by atoms with Gasteiger partial charge in [-0.2, -0.15) is 0 Å². The van der Waals surface area contributed by atoms with Crippen LogP contribution in [0.4, 0.5) is 5.69 Å². The van der Waals surface area contributed by atoms with Crippen LogP contribution in [0.2, 0.25) is 5.02 Å². The first-order chi connectivity index (χ1) is 14.6. The van der Waals surface area contributed by atoms with Gasteiger partial charge in [-0.05, 0) is 53.2 Å². The first-order valence-electron chi connectivity index (χ1n) is 9.48. The van der Waals surface area contributed by atoms with Gasteiger partial charge >= 0.3 is 0 Å². The van der Waals surface area contributed by atoms with Crippen molar-refractivity contribution < 1.29 is 14.3 Å². The fraction of sp³-hybridized carbons (Fsp3) is 0.0800. The molecule has 4 aromatic carbocycles. The van der Waals surface area contributed by atoms with E-state index in [0.29, 0.717) is 22.0 Å². The molecule has 150 valence electrons. The summed E-state index contributed by atoms with van der Waals surface area (Å²) in [5, 5.41) is 5.58. The topological polar surface area (TPSA) is 47.6 Å². The number of para-hydroxylation sites is 1. The average molecular weight is 418 g/mol. The Bertz CT molecular complexity index is 1210. The standard InChI is InChI=1S/C25H20ClNO3/c1-29-24-13-11-19(25(28)27-23-9-5-4-8-22(23)26)14-20(24)16-30-21-12-10-17-6-2-3-7-18(17)15-21/h2-15H,16H2,1H3,(H,27,28). The van der Waals surface area contributed by atoms with Crippen LogP contribution in [0.5, 0.6) is 11.5 Å². The molecule has 0 saturated carbocycles. The van der Waals surface area contributed by atoms with E-state index in [2.05, 4.69) is 11.4 Å². The molecule has 5 heteroatoms. The first kappa shape index (κ1) is 19.8. The summed E-state index contributed by atoms with van der Waals surface area (Å²) >= 11 is 6.14. The highest BCUT2D eigenvalue weighted by Crippen LogP contribution is 2.26. The van der Waals surface area contributed by atoms with E-state index in [9.17, 15) is 4.79 Å². The minimum absolute atomic E-state index is 0.252. The van der Waals surface area contributed by atoms with Gasteiger partial charge in [-0.25, -0.2) is 0 Å². The monoisotopic (exact) mass is 417 g/mol. The number of rotatable bonds is 6. The summed E-state index contributed by atoms with van der Waals surface area (Å²) in [6.45, 7) is 0.273. The fourth-order valence-corrected chi connectivity index (χ4v) is 3.39. The third kappa shape index (κ3) is 4.39. The summed E-state index contributed by atoms with van der Waals surface area (Å²) in [5.74, 6) is 1.16. The van der Waals surface area contributed by atoms with Gasteiger partial charge in [0.15, 0.2) is 0 Å². The number of amides is 1. The van der Waals surface area contributed by atoms with Crippen molar-refractivity contribution >= 4 is 34.0 Å². The first-order valence-corrected chi connectivity index (χ1v) is 9.86. The second-order valence-electron chi connectivity index (χ2n) is 6.76. The quantitative estimate of drug-likeness (QED) is 0.398. The van der Waals surface area contributed by atoms with E-state index in [-0.39, 0.29) is 12.5 Å². The summed E-state index contributed by atoms with van der Waals surface area (Å²) < 4.78 is 11.4. The molecule has 0 aromatic heterocycles. The minimum atomic E-state index is -0.252.